The van der Waals surface area contributed by atoms with Crippen molar-refractivity contribution < 1.29 is 14.6 Å². The van der Waals surface area contributed by atoms with Gasteiger partial charge in [-0.2, -0.15) is 5.10 Å². The Labute approximate surface area is 99.3 Å². The summed E-state index contributed by atoms with van der Waals surface area (Å²) in [5.74, 6) is -0.151. The number of ether oxygens (including phenoxy) is 1. The first kappa shape index (κ1) is 13.0. The zero-order chi connectivity index (χ0) is 12.9. The van der Waals surface area contributed by atoms with Crippen LogP contribution in [0.4, 0.5) is 4.79 Å². The van der Waals surface area contributed by atoms with E-state index in [1.54, 1.807) is 32.9 Å². The molecule has 0 aliphatic heterocycles. The first-order chi connectivity index (χ1) is 7.88. The summed E-state index contributed by atoms with van der Waals surface area (Å²) in [6, 6.07) is 3.26. The number of aromatic hydroxyl groups is 1. The van der Waals surface area contributed by atoms with E-state index in [1.807, 2.05) is 0 Å². The Bertz CT molecular complexity index is 424. The molecule has 0 spiro atoms. The lowest BCUT2D eigenvalue weighted by Gasteiger charge is -2.18. The molecule has 0 fully saturated rings. The number of carbonyl (C=O) groups excluding carboxylic acids is 1. The van der Waals surface area contributed by atoms with Crippen LogP contribution in [0.25, 0.3) is 0 Å². The minimum absolute atomic E-state index is 0.151. The molecule has 0 aromatic carbocycles. The molecule has 6 heteroatoms. The predicted molar refractivity (Wildman–Crippen MR) is 62.9 cm³/mol. The van der Waals surface area contributed by atoms with E-state index in [2.05, 4.69) is 15.5 Å². The third kappa shape index (κ3) is 4.96. The molecule has 0 bridgehead atoms. The number of carbonyl (C=O) groups is 1. The first-order valence-corrected chi connectivity index (χ1v) is 5.04. The molecular formula is C11H15N3O3. The van der Waals surface area contributed by atoms with Gasteiger partial charge in [0.2, 0.25) is 5.88 Å². The maximum Gasteiger partial charge on any atom is 0.428 e. The number of hydrogen-bond donors (Lipinski definition) is 2. The molecule has 0 atom stereocenters. The van der Waals surface area contributed by atoms with Crippen molar-refractivity contribution in [1.82, 2.24) is 10.4 Å². The molecule has 0 saturated carbocycles. The van der Waals surface area contributed by atoms with Gasteiger partial charge in [0.25, 0.3) is 0 Å². The van der Waals surface area contributed by atoms with Crippen LogP contribution in [0.5, 0.6) is 5.88 Å². The maximum absolute atomic E-state index is 11.2. The van der Waals surface area contributed by atoms with Crippen molar-refractivity contribution in [1.29, 1.82) is 0 Å². The third-order valence-corrected chi connectivity index (χ3v) is 1.58. The van der Waals surface area contributed by atoms with Crippen molar-refractivity contribution in [2.45, 2.75) is 26.4 Å². The Kier molecular flexibility index (Phi) is 4.03. The topological polar surface area (TPSA) is 83.8 Å². The van der Waals surface area contributed by atoms with E-state index in [9.17, 15) is 9.90 Å². The molecule has 0 radical (unpaired) electrons. The Morgan fingerprint density at radius 2 is 2.29 bits per heavy atom. The highest BCUT2D eigenvalue weighted by Gasteiger charge is 2.15. The molecule has 0 aliphatic rings. The molecule has 1 aromatic heterocycles. The van der Waals surface area contributed by atoms with Crippen molar-refractivity contribution in [3.63, 3.8) is 0 Å². The second-order valence-electron chi connectivity index (χ2n) is 4.29. The van der Waals surface area contributed by atoms with Crippen LogP contribution in [0.2, 0.25) is 0 Å². The van der Waals surface area contributed by atoms with Crippen molar-refractivity contribution in [2.24, 2.45) is 5.10 Å². The summed E-state index contributed by atoms with van der Waals surface area (Å²) in [4.78, 5) is 14.9. The van der Waals surface area contributed by atoms with Crippen molar-refractivity contribution in [3.05, 3.63) is 23.9 Å². The summed E-state index contributed by atoms with van der Waals surface area (Å²) in [5, 5.41) is 13.0. The molecule has 1 heterocycles. The van der Waals surface area contributed by atoms with Crippen LogP contribution in [-0.4, -0.2) is 28.0 Å². The second kappa shape index (κ2) is 5.29. The van der Waals surface area contributed by atoms with Crippen LogP contribution >= 0.6 is 0 Å². The number of hydrazone groups is 1. The minimum atomic E-state index is -0.655. The lowest BCUT2D eigenvalue weighted by Crippen LogP contribution is -2.29. The standard InChI is InChI=1S/C11H15N3O3/c1-11(2,3)17-10(16)14-13-7-8-5-4-6-12-9(8)15/h4-7H,1-3H3,(H,12,15)(H,14,16)/b13-7-. The summed E-state index contributed by atoms with van der Waals surface area (Å²) in [7, 11) is 0. The van der Waals surface area contributed by atoms with Crippen LogP contribution in [0.15, 0.2) is 23.4 Å². The molecule has 2 N–H and O–H groups in total. The van der Waals surface area contributed by atoms with Gasteiger partial charge < -0.3 is 9.84 Å². The van der Waals surface area contributed by atoms with Crippen LogP contribution in [0, 0.1) is 0 Å². The van der Waals surface area contributed by atoms with E-state index < -0.39 is 11.7 Å². The Balaban J connectivity index is 2.51. The molecule has 1 aromatic rings. The molecule has 0 aliphatic carbocycles. The SMILES string of the molecule is CC(C)(C)OC(=O)N/N=C\c1cccnc1O. The molecular weight excluding hydrogens is 222 g/mol. The van der Waals surface area contributed by atoms with Gasteiger partial charge in [-0.25, -0.2) is 15.2 Å². The zero-order valence-corrected chi connectivity index (χ0v) is 9.97. The Morgan fingerprint density at radius 1 is 1.59 bits per heavy atom. The van der Waals surface area contributed by atoms with Crippen molar-refractivity contribution in [3.8, 4) is 5.88 Å². The van der Waals surface area contributed by atoms with Gasteiger partial charge in [-0.15, -0.1) is 0 Å². The molecule has 0 unspecified atom stereocenters. The molecule has 0 saturated heterocycles. The summed E-state index contributed by atoms with van der Waals surface area (Å²) in [6.07, 6.45) is 2.08. The van der Waals surface area contributed by atoms with Crippen molar-refractivity contribution >= 4 is 12.3 Å². The first-order valence-electron chi connectivity index (χ1n) is 5.04. The highest BCUT2D eigenvalue weighted by Crippen LogP contribution is 2.08. The maximum atomic E-state index is 11.2. The van der Waals surface area contributed by atoms with Gasteiger partial charge in [-0.1, -0.05) is 0 Å². The van der Waals surface area contributed by atoms with Crippen LogP contribution in [0.3, 0.4) is 0 Å². The van der Waals surface area contributed by atoms with Gasteiger partial charge in [0.1, 0.15) is 5.60 Å². The summed E-state index contributed by atoms with van der Waals surface area (Å²) < 4.78 is 4.96. The predicted octanol–water partition coefficient (Wildman–Crippen LogP) is 1.65. The second-order valence-corrected chi connectivity index (χ2v) is 4.29. The Hall–Kier alpha value is -2.11. The number of pyridine rings is 1. The molecule has 92 valence electrons. The quantitative estimate of drug-likeness (QED) is 0.605. The Morgan fingerprint density at radius 3 is 2.88 bits per heavy atom. The summed E-state index contributed by atoms with van der Waals surface area (Å²) in [5.41, 5.74) is 2.02. The van der Waals surface area contributed by atoms with Gasteiger partial charge in [-0.3, -0.25) is 0 Å². The van der Waals surface area contributed by atoms with Gasteiger partial charge in [0, 0.05) is 6.20 Å². The zero-order valence-electron chi connectivity index (χ0n) is 9.97. The number of hydrogen-bond acceptors (Lipinski definition) is 5. The average molecular weight is 237 g/mol. The van der Waals surface area contributed by atoms with E-state index in [4.69, 9.17) is 4.74 Å². The average Bonchev–Trinajstić information content (AvgIpc) is 2.18. The van der Waals surface area contributed by atoms with Gasteiger partial charge in [-0.05, 0) is 32.9 Å². The smallest absolute Gasteiger partial charge is 0.428 e. The molecule has 6 nitrogen and oxygen atoms in total. The number of aromatic nitrogens is 1. The van der Waals surface area contributed by atoms with E-state index in [0.29, 0.717) is 5.56 Å². The molecule has 1 amide bonds. The number of nitrogens with zero attached hydrogens (tertiary/aromatic N) is 2. The highest BCUT2D eigenvalue weighted by molar-refractivity contribution is 5.83. The molecule has 17 heavy (non-hydrogen) atoms. The van der Waals surface area contributed by atoms with Gasteiger partial charge in [0.15, 0.2) is 0 Å². The number of rotatable bonds is 2. The van der Waals surface area contributed by atoms with E-state index in [1.165, 1.54) is 12.4 Å². The largest absolute Gasteiger partial charge is 0.493 e. The number of nitrogens with one attached hydrogen (secondary N) is 1. The fourth-order valence-corrected chi connectivity index (χ4v) is 0.966. The van der Waals surface area contributed by atoms with Crippen molar-refractivity contribution in [2.75, 3.05) is 0 Å². The summed E-state index contributed by atoms with van der Waals surface area (Å²) >= 11 is 0. The fraction of sp³-hybridized carbons (Fsp3) is 0.364. The van der Waals surface area contributed by atoms with E-state index >= 15 is 0 Å². The van der Waals surface area contributed by atoms with Gasteiger partial charge in [0.05, 0.1) is 11.8 Å². The molecule has 1 rings (SSSR count). The van der Waals surface area contributed by atoms with Crippen LogP contribution in [-0.2, 0) is 4.74 Å². The van der Waals surface area contributed by atoms with Gasteiger partial charge >= 0.3 is 6.09 Å². The lowest BCUT2D eigenvalue weighted by molar-refractivity contribution is 0.0529. The lowest BCUT2D eigenvalue weighted by atomic mass is 10.2. The van der Waals surface area contributed by atoms with E-state index in [0.717, 1.165) is 0 Å². The van der Waals surface area contributed by atoms with E-state index in [-0.39, 0.29) is 5.88 Å². The van der Waals surface area contributed by atoms with Crippen LogP contribution in [0.1, 0.15) is 26.3 Å². The third-order valence-electron chi connectivity index (χ3n) is 1.58. The normalized spacial score (nSPS) is 11.5. The minimum Gasteiger partial charge on any atom is -0.493 e. The fourth-order valence-electron chi connectivity index (χ4n) is 0.966. The highest BCUT2D eigenvalue weighted by atomic mass is 16.6. The summed E-state index contributed by atoms with van der Waals surface area (Å²) in [6.45, 7) is 5.26. The van der Waals surface area contributed by atoms with Crippen LogP contribution < -0.4 is 5.43 Å². The number of amides is 1. The monoisotopic (exact) mass is 237 g/mol.